The van der Waals surface area contributed by atoms with Crippen LogP contribution in [0.2, 0.25) is 0 Å². The molecule has 3 heterocycles. The predicted octanol–water partition coefficient (Wildman–Crippen LogP) is 4.16. The molecule has 0 saturated carbocycles. The number of amides is 1. The van der Waals surface area contributed by atoms with Crippen molar-refractivity contribution in [3.63, 3.8) is 0 Å². The lowest BCUT2D eigenvalue weighted by molar-refractivity contribution is 0.102. The van der Waals surface area contributed by atoms with E-state index in [4.69, 9.17) is 10.00 Å². The molecule has 2 N–H and O–H groups in total. The molecule has 8 nitrogen and oxygen atoms in total. The Morgan fingerprint density at radius 1 is 1.19 bits per heavy atom. The number of benzene rings is 1. The van der Waals surface area contributed by atoms with E-state index in [1.807, 2.05) is 31.2 Å². The van der Waals surface area contributed by atoms with Gasteiger partial charge in [0.05, 0.1) is 17.7 Å². The van der Waals surface area contributed by atoms with Gasteiger partial charge in [-0.1, -0.05) is 0 Å². The minimum absolute atomic E-state index is 0.291. The minimum atomic E-state index is -0.336. The van der Waals surface area contributed by atoms with Crippen molar-refractivity contribution in [2.45, 2.75) is 20.8 Å². The molecule has 31 heavy (non-hydrogen) atoms. The summed E-state index contributed by atoms with van der Waals surface area (Å²) in [5.41, 5.74) is 5.22. The number of H-pyrrole nitrogens is 1. The molecule has 4 aromatic rings. The zero-order valence-corrected chi connectivity index (χ0v) is 17.4. The van der Waals surface area contributed by atoms with Gasteiger partial charge in [0, 0.05) is 35.1 Å². The topological polar surface area (TPSA) is 117 Å². The SMILES string of the molecule is CCOc1cc(-c2n[nH]c3ccc(NC(=O)c4ncc(C#N)c(C)c4C)cc23)ccn1. The van der Waals surface area contributed by atoms with Crippen molar-refractivity contribution in [2.75, 3.05) is 11.9 Å². The van der Waals surface area contributed by atoms with Crippen LogP contribution in [0.1, 0.15) is 34.1 Å². The Kier molecular flexibility index (Phi) is 5.33. The van der Waals surface area contributed by atoms with Gasteiger partial charge in [-0.2, -0.15) is 10.4 Å². The van der Waals surface area contributed by atoms with Crippen LogP contribution >= 0.6 is 0 Å². The molecule has 8 heteroatoms. The fraction of sp³-hybridized carbons (Fsp3) is 0.174. The summed E-state index contributed by atoms with van der Waals surface area (Å²) in [6, 6.07) is 11.3. The lowest BCUT2D eigenvalue weighted by Crippen LogP contribution is -2.16. The molecule has 0 unspecified atom stereocenters. The van der Waals surface area contributed by atoms with Crippen LogP contribution in [-0.4, -0.2) is 32.7 Å². The number of aromatic amines is 1. The Hall–Kier alpha value is -4.25. The van der Waals surface area contributed by atoms with Crippen molar-refractivity contribution >= 4 is 22.5 Å². The number of aromatic nitrogens is 4. The number of nitriles is 1. The predicted molar refractivity (Wildman–Crippen MR) is 117 cm³/mol. The van der Waals surface area contributed by atoms with E-state index in [2.05, 4.69) is 31.6 Å². The van der Waals surface area contributed by atoms with Crippen LogP contribution in [0.25, 0.3) is 22.2 Å². The average molecular weight is 412 g/mol. The molecule has 1 amide bonds. The maximum Gasteiger partial charge on any atom is 0.274 e. The summed E-state index contributed by atoms with van der Waals surface area (Å²) in [6.45, 7) is 6.02. The summed E-state index contributed by atoms with van der Waals surface area (Å²) in [6.07, 6.45) is 3.10. The zero-order valence-electron chi connectivity index (χ0n) is 17.4. The number of hydrogen-bond donors (Lipinski definition) is 2. The van der Waals surface area contributed by atoms with Gasteiger partial charge in [0.15, 0.2) is 0 Å². The third-order valence-electron chi connectivity index (χ3n) is 5.10. The fourth-order valence-electron chi connectivity index (χ4n) is 3.33. The molecule has 0 spiro atoms. The number of ether oxygens (including phenoxy) is 1. The number of carbonyl (C=O) groups excluding carboxylic acids is 1. The van der Waals surface area contributed by atoms with Crippen LogP contribution in [0, 0.1) is 25.2 Å². The Balaban J connectivity index is 1.67. The first-order chi connectivity index (χ1) is 15.0. The van der Waals surface area contributed by atoms with Gasteiger partial charge in [-0.15, -0.1) is 0 Å². The molecule has 0 aliphatic rings. The van der Waals surface area contributed by atoms with Crippen molar-refractivity contribution in [3.8, 4) is 23.2 Å². The van der Waals surface area contributed by atoms with E-state index < -0.39 is 0 Å². The van der Waals surface area contributed by atoms with E-state index in [0.29, 0.717) is 35.0 Å². The molecular weight excluding hydrogens is 392 g/mol. The second-order valence-electron chi connectivity index (χ2n) is 6.98. The van der Waals surface area contributed by atoms with Gasteiger partial charge in [0.2, 0.25) is 5.88 Å². The quantitative estimate of drug-likeness (QED) is 0.508. The molecule has 0 saturated heterocycles. The number of nitrogens with zero attached hydrogens (tertiary/aromatic N) is 4. The van der Waals surface area contributed by atoms with E-state index in [1.165, 1.54) is 6.20 Å². The normalized spacial score (nSPS) is 10.6. The van der Waals surface area contributed by atoms with Gasteiger partial charge in [0.25, 0.3) is 5.91 Å². The summed E-state index contributed by atoms with van der Waals surface area (Å²) in [4.78, 5) is 21.2. The van der Waals surface area contributed by atoms with Crippen molar-refractivity contribution < 1.29 is 9.53 Å². The Labute approximate surface area is 178 Å². The molecular formula is C23H20N6O2. The molecule has 0 aliphatic heterocycles. The van der Waals surface area contributed by atoms with E-state index in [0.717, 1.165) is 27.7 Å². The van der Waals surface area contributed by atoms with Crippen LogP contribution in [-0.2, 0) is 0 Å². The van der Waals surface area contributed by atoms with Gasteiger partial charge in [-0.25, -0.2) is 9.97 Å². The molecule has 1 aromatic carbocycles. The molecule has 0 bridgehead atoms. The van der Waals surface area contributed by atoms with Crippen LogP contribution in [0.5, 0.6) is 5.88 Å². The first-order valence-corrected chi connectivity index (χ1v) is 9.76. The smallest absolute Gasteiger partial charge is 0.274 e. The second kappa shape index (κ2) is 8.24. The van der Waals surface area contributed by atoms with Crippen LogP contribution in [0.3, 0.4) is 0 Å². The maximum atomic E-state index is 12.8. The summed E-state index contributed by atoms with van der Waals surface area (Å²) < 4.78 is 5.49. The lowest BCUT2D eigenvalue weighted by atomic mass is 10.0. The van der Waals surface area contributed by atoms with Crippen molar-refractivity contribution in [2.24, 2.45) is 0 Å². The monoisotopic (exact) mass is 412 g/mol. The van der Waals surface area contributed by atoms with E-state index in [9.17, 15) is 4.79 Å². The Morgan fingerprint density at radius 3 is 2.81 bits per heavy atom. The van der Waals surface area contributed by atoms with Gasteiger partial charge >= 0.3 is 0 Å². The third kappa shape index (κ3) is 3.81. The number of carbonyl (C=O) groups is 1. The van der Waals surface area contributed by atoms with Gasteiger partial charge in [-0.3, -0.25) is 9.89 Å². The number of rotatable bonds is 5. The van der Waals surface area contributed by atoms with Crippen molar-refractivity contribution in [1.82, 2.24) is 20.2 Å². The van der Waals surface area contributed by atoms with Crippen LogP contribution in [0.15, 0.2) is 42.7 Å². The van der Waals surface area contributed by atoms with Crippen LogP contribution < -0.4 is 10.1 Å². The zero-order chi connectivity index (χ0) is 22.0. The van der Waals surface area contributed by atoms with Gasteiger partial charge in [-0.05, 0) is 56.2 Å². The molecule has 3 aromatic heterocycles. The van der Waals surface area contributed by atoms with Gasteiger partial charge < -0.3 is 10.1 Å². The number of fused-ring (bicyclic) bond motifs is 1. The minimum Gasteiger partial charge on any atom is -0.478 e. The fourth-order valence-corrected chi connectivity index (χ4v) is 3.33. The van der Waals surface area contributed by atoms with E-state index in [1.54, 1.807) is 26.1 Å². The number of anilines is 1. The number of pyridine rings is 2. The molecule has 0 atom stereocenters. The average Bonchev–Trinajstić information content (AvgIpc) is 3.19. The highest BCUT2D eigenvalue weighted by atomic mass is 16.5. The third-order valence-corrected chi connectivity index (χ3v) is 5.10. The van der Waals surface area contributed by atoms with Crippen molar-refractivity contribution in [1.29, 1.82) is 5.26 Å². The molecule has 0 aliphatic carbocycles. The molecule has 154 valence electrons. The number of nitrogens with one attached hydrogen (secondary N) is 2. The van der Waals surface area contributed by atoms with E-state index in [-0.39, 0.29) is 5.91 Å². The highest BCUT2D eigenvalue weighted by molar-refractivity contribution is 6.05. The maximum absolute atomic E-state index is 12.8. The van der Waals surface area contributed by atoms with Crippen molar-refractivity contribution in [3.05, 3.63) is 65.1 Å². The van der Waals surface area contributed by atoms with E-state index >= 15 is 0 Å². The van der Waals surface area contributed by atoms with Crippen LogP contribution in [0.4, 0.5) is 5.69 Å². The summed E-state index contributed by atoms with van der Waals surface area (Å²) >= 11 is 0. The Bertz CT molecular complexity index is 1340. The largest absolute Gasteiger partial charge is 0.478 e. The van der Waals surface area contributed by atoms with Gasteiger partial charge in [0.1, 0.15) is 17.5 Å². The summed E-state index contributed by atoms with van der Waals surface area (Å²) in [7, 11) is 0. The Morgan fingerprint density at radius 2 is 2.03 bits per heavy atom. The molecule has 0 fully saturated rings. The highest BCUT2D eigenvalue weighted by Gasteiger charge is 2.16. The standard InChI is InChI=1S/C23H20N6O2/c1-4-31-20-9-15(7-8-25-20)22-18-10-17(5-6-19(18)28-29-22)27-23(30)21-14(3)13(2)16(11-24)12-26-21/h5-10,12H,4H2,1-3H3,(H,27,30)(H,28,29). The highest BCUT2D eigenvalue weighted by Crippen LogP contribution is 2.30. The molecule has 0 radical (unpaired) electrons. The summed E-state index contributed by atoms with van der Waals surface area (Å²) in [5.74, 6) is 0.190. The second-order valence-corrected chi connectivity index (χ2v) is 6.98. The summed E-state index contributed by atoms with van der Waals surface area (Å²) in [5, 5.41) is 20.3. The molecule has 4 rings (SSSR count). The first-order valence-electron chi connectivity index (χ1n) is 9.76. The first kappa shape index (κ1) is 20.0. The number of hydrogen-bond acceptors (Lipinski definition) is 6. The lowest BCUT2D eigenvalue weighted by Gasteiger charge is -2.10.